The molecule has 2 aromatic carbocycles. The lowest BCUT2D eigenvalue weighted by atomic mass is 9.96. The summed E-state index contributed by atoms with van der Waals surface area (Å²) in [5.74, 6) is -0.786. The first-order valence-electron chi connectivity index (χ1n) is 11.3. The molecular weight excluding hydrogens is 487 g/mol. The van der Waals surface area contributed by atoms with Crippen molar-refractivity contribution in [2.75, 3.05) is 0 Å². The zero-order valence-corrected chi connectivity index (χ0v) is 20.4. The van der Waals surface area contributed by atoms with Gasteiger partial charge in [0.15, 0.2) is 0 Å². The fraction of sp³-hybridized carbons (Fsp3) is 0.440. The average Bonchev–Trinajstić information content (AvgIpc) is 3.56. The molecule has 0 amide bonds. The van der Waals surface area contributed by atoms with E-state index in [0.717, 1.165) is 12.1 Å². The van der Waals surface area contributed by atoms with Crippen LogP contribution in [-0.4, -0.2) is 24.7 Å². The van der Waals surface area contributed by atoms with Gasteiger partial charge < -0.3 is 4.57 Å². The monoisotopic (exact) mass is 514 g/mol. The molecule has 0 spiro atoms. The number of nitrogens with zero attached hydrogens (tertiary/aromatic N) is 1. The van der Waals surface area contributed by atoms with E-state index >= 15 is 0 Å². The fourth-order valence-corrected chi connectivity index (χ4v) is 5.79. The average molecular weight is 515 g/mol. The van der Waals surface area contributed by atoms with Crippen molar-refractivity contribution in [3.63, 3.8) is 0 Å². The number of fused-ring (bicyclic) bond motifs is 1. The number of hydrogen-bond acceptors (Lipinski definition) is 2. The van der Waals surface area contributed by atoms with Crippen molar-refractivity contribution >= 4 is 20.9 Å². The molecule has 0 saturated heterocycles. The summed E-state index contributed by atoms with van der Waals surface area (Å²) < 4.78 is 98.0. The maximum atomic E-state index is 14.1. The third-order valence-corrected chi connectivity index (χ3v) is 7.89. The van der Waals surface area contributed by atoms with Crippen LogP contribution in [0.25, 0.3) is 22.0 Å². The first kappa shape index (κ1) is 25.6. The molecule has 3 aromatic rings. The lowest BCUT2D eigenvalue weighted by Gasteiger charge is -2.20. The lowest BCUT2D eigenvalue weighted by Crippen LogP contribution is -2.35. The second kappa shape index (κ2) is 9.20. The second-order valence-electron chi connectivity index (χ2n) is 10.2. The zero-order chi connectivity index (χ0) is 25.7. The van der Waals surface area contributed by atoms with Gasteiger partial charge in [0.25, 0.3) is 12.9 Å². The third kappa shape index (κ3) is 5.53. The normalized spacial score (nSPS) is 15.9. The van der Waals surface area contributed by atoms with Crippen molar-refractivity contribution in [3.8, 4) is 11.1 Å². The molecular formula is C25H27F5N2O2S. The summed E-state index contributed by atoms with van der Waals surface area (Å²) in [5, 5.41) is -0.271. The van der Waals surface area contributed by atoms with Gasteiger partial charge in [0.05, 0.1) is 5.25 Å². The number of aromatic nitrogens is 1. The van der Waals surface area contributed by atoms with Crippen LogP contribution in [0.4, 0.5) is 22.0 Å². The number of benzene rings is 2. The van der Waals surface area contributed by atoms with Crippen molar-refractivity contribution in [2.24, 2.45) is 5.41 Å². The maximum absolute atomic E-state index is 14.1. The van der Waals surface area contributed by atoms with E-state index in [1.165, 1.54) is 24.4 Å². The molecule has 10 heteroatoms. The van der Waals surface area contributed by atoms with Crippen LogP contribution < -0.4 is 4.72 Å². The Morgan fingerprint density at radius 2 is 1.71 bits per heavy atom. The largest absolute Gasteiger partial charge is 0.347 e. The van der Waals surface area contributed by atoms with Gasteiger partial charge >= 0.3 is 0 Å². The quantitative estimate of drug-likeness (QED) is 0.336. The van der Waals surface area contributed by atoms with Gasteiger partial charge in [-0.05, 0) is 47.6 Å². The zero-order valence-electron chi connectivity index (χ0n) is 19.5. The SMILES string of the molecule is CC(C)(C)Cn1cc(C(NS(=O)(=O)C2CC2)C(F)F)c2ccc(-c3ccc(F)cc3C(F)F)cc21. The lowest BCUT2D eigenvalue weighted by molar-refractivity contribution is 0.109. The highest BCUT2D eigenvalue weighted by atomic mass is 32.2. The van der Waals surface area contributed by atoms with Crippen LogP contribution in [0.1, 0.15) is 57.2 Å². The number of halogens is 5. The molecule has 35 heavy (non-hydrogen) atoms. The highest BCUT2D eigenvalue weighted by Crippen LogP contribution is 2.38. The Morgan fingerprint density at radius 3 is 2.29 bits per heavy atom. The van der Waals surface area contributed by atoms with Gasteiger partial charge in [0.1, 0.15) is 11.9 Å². The van der Waals surface area contributed by atoms with E-state index in [4.69, 9.17) is 0 Å². The predicted molar refractivity (Wildman–Crippen MR) is 126 cm³/mol. The molecule has 1 fully saturated rings. The molecule has 0 aliphatic heterocycles. The first-order chi connectivity index (χ1) is 16.3. The molecule has 1 aliphatic rings. The van der Waals surface area contributed by atoms with Gasteiger partial charge in [-0.15, -0.1) is 0 Å². The Morgan fingerprint density at radius 1 is 1.03 bits per heavy atom. The minimum absolute atomic E-state index is 0.114. The molecule has 4 rings (SSSR count). The maximum Gasteiger partial charge on any atom is 0.264 e. The summed E-state index contributed by atoms with van der Waals surface area (Å²) >= 11 is 0. The van der Waals surface area contributed by atoms with E-state index in [0.29, 0.717) is 35.9 Å². The second-order valence-corrected chi connectivity index (χ2v) is 12.2. The number of sulfonamides is 1. The molecule has 1 atom stereocenters. The van der Waals surface area contributed by atoms with E-state index < -0.39 is 45.5 Å². The van der Waals surface area contributed by atoms with E-state index in [1.54, 1.807) is 10.6 Å². The molecule has 1 aromatic heterocycles. The summed E-state index contributed by atoms with van der Waals surface area (Å²) in [6, 6.07) is 6.01. The molecule has 190 valence electrons. The Kier molecular flexibility index (Phi) is 6.74. The van der Waals surface area contributed by atoms with Crippen LogP contribution in [0, 0.1) is 11.2 Å². The summed E-state index contributed by atoms with van der Waals surface area (Å²) in [7, 11) is -3.90. The summed E-state index contributed by atoms with van der Waals surface area (Å²) in [6.45, 7) is 6.27. The summed E-state index contributed by atoms with van der Waals surface area (Å²) in [5.41, 5.74) is 0.377. The van der Waals surface area contributed by atoms with Gasteiger partial charge in [0.2, 0.25) is 10.0 Å². The predicted octanol–water partition coefficient (Wildman–Crippen LogP) is 6.82. The van der Waals surface area contributed by atoms with E-state index in [2.05, 4.69) is 4.72 Å². The first-order valence-corrected chi connectivity index (χ1v) is 12.8. The highest BCUT2D eigenvalue weighted by Gasteiger charge is 2.40. The Labute approximate surface area is 201 Å². The Balaban J connectivity index is 1.88. The Bertz CT molecular complexity index is 1340. The number of alkyl halides is 4. The van der Waals surface area contributed by atoms with Crippen LogP contribution in [0.2, 0.25) is 0 Å². The van der Waals surface area contributed by atoms with Gasteiger partial charge in [0, 0.05) is 34.8 Å². The van der Waals surface area contributed by atoms with E-state index in [9.17, 15) is 30.4 Å². The van der Waals surface area contributed by atoms with Crippen molar-refractivity contribution in [3.05, 3.63) is 59.5 Å². The molecule has 0 bridgehead atoms. The van der Waals surface area contributed by atoms with Crippen LogP contribution in [-0.2, 0) is 16.6 Å². The van der Waals surface area contributed by atoms with Gasteiger partial charge in [-0.1, -0.05) is 39.0 Å². The minimum Gasteiger partial charge on any atom is -0.347 e. The van der Waals surface area contributed by atoms with Crippen LogP contribution in [0.5, 0.6) is 0 Å². The van der Waals surface area contributed by atoms with Crippen molar-refractivity contribution in [1.29, 1.82) is 0 Å². The van der Waals surface area contributed by atoms with E-state index in [1.807, 2.05) is 20.8 Å². The summed E-state index contributed by atoms with van der Waals surface area (Å²) in [4.78, 5) is 0. The van der Waals surface area contributed by atoms with Gasteiger partial charge in [-0.25, -0.2) is 35.1 Å². The molecule has 1 aliphatic carbocycles. The van der Waals surface area contributed by atoms with E-state index in [-0.39, 0.29) is 16.5 Å². The molecule has 1 saturated carbocycles. The molecule has 4 nitrogen and oxygen atoms in total. The van der Waals surface area contributed by atoms with Gasteiger partial charge in [-0.2, -0.15) is 0 Å². The van der Waals surface area contributed by atoms with Crippen molar-refractivity contribution < 1.29 is 30.4 Å². The third-order valence-electron chi connectivity index (χ3n) is 5.96. The smallest absolute Gasteiger partial charge is 0.264 e. The van der Waals surface area contributed by atoms with Crippen molar-refractivity contribution in [1.82, 2.24) is 9.29 Å². The van der Waals surface area contributed by atoms with Crippen LogP contribution in [0.3, 0.4) is 0 Å². The topological polar surface area (TPSA) is 51.1 Å². The Hall–Kier alpha value is -2.46. The van der Waals surface area contributed by atoms with Crippen LogP contribution >= 0.6 is 0 Å². The molecule has 1 unspecified atom stereocenters. The fourth-order valence-electron chi connectivity index (χ4n) is 4.26. The standard InChI is InChI=1S/C25H27F5N2O2S/c1-25(2,3)13-32-12-20(22(24(29)30)31-35(33,34)16-6-7-16)18-8-4-14(10-21(18)32)17-9-5-15(26)11-19(17)23(27)28/h4-5,8-12,16,22-24,31H,6-7,13H2,1-3H3. The molecule has 1 heterocycles. The molecule has 1 N–H and O–H groups in total. The van der Waals surface area contributed by atoms with Crippen LogP contribution in [0.15, 0.2) is 42.6 Å². The van der Waals surface area contributed by atoms with Gasteiger partial charge in [-0.3, -0.25) is 0 Å². The number of hydrogen-bond donors (Lipinski definition) is 1. The number of rotatable bonds is 8. The minimum atomic E-state index is -3.90. The van der Waals surface area contributed by atoms with Crippen molar-refractivity contribution in [2.45, 2.75) is 64.3 Å². The molecule has 0 radical (unpaired) electrons. The summed E-state index contributed by atoms with van der Waals surface area (Å²) in [6.07, 6.45) is -3.53. The number of nitrogens with one attached hydrogen (secondary N) is 1. The highest BCUT2D eigenvalue weighted by molar-refractivity contribution is 7.90.